The second-order valence-corrected chi connectivity index (χ2v) is 6.70. The summed E-state index contributed by atoms with van der Waals surface area (Å²) < 4.78 is 11.7. The number of anilines is 1. The quantitative estimate of drug-likeness (QED) is 0.292. The Kier molecular flexibility index (Phi) is 9.15. The van der Waals surface area contributed by atoms with Crippen molar-refractivity contribution in [3.05, 3.63) is 47.8 Å². The number of amides is 1. The van der Waals surface area contributed by atoms with E-state index in [4.69, 9.17) is 9.47 Å². The van der Waals surface area contributed by atoms with Crippen LogP contribution in [-0.2, 0) is 17.8 Å². The van der Waals surface area contributed by atoms with Gasteiger partial charge >= 0.3 is 0 Å². The Morgan fingerprint density at radius 1 is 1.37 bits per heavy atom. The van der Waals surface area contributed by atoms with Gasteiger partial charge in [-0.25, -0.2) is 0 Å². The Balaban J connectivity index is 0.00000320. The van der Waals surface area contributed by atoms with Gasteiger partial charge in [0.15, 0.2) is 5.96 Å². The fourth-order valence-electron chi connectivity index (χ4n) is 3.11. The number of ether oxygens (including phenoxy) is 2. The van der Waals surface area contributed by atoms with E-state index < -0.39 is 0 Å². The third-order valence-corrected chi connectivity index (χ3v) is 4.41. The van der Waals surface area contributed by atoms with Gasteiger partial charge in [-0.3, -0.25) is 14.8 Å². The van der Waals surface area contributed by atoms with E-state index in [0.717, 1.165) is 23.5 Å². The number of hydrogen-bond acceptors (Lipinski definition) is 5. The van der Waals surface area contributed by atoms with Crippen LogP contribution in [0.4, 0.5) is 5.69 Å². The largest absolute Gasteiger partial charge is 0.494 e. The molecular formula is C21H28IN5O3. The minimum atomic E-state index is -0.184. The summed E-state index contributed by atoms with van der Waals surface area (Å²) in [5, 5.41) is 8.99. The average molecular weight is 525 g/mol. The number of benzene rings is 1. The number of fused-ring (bicyclic) bond motifs is 1. The predicted molar refractivity (Wildman–Crippen MR) is 128 cm³/mol. The topological polar surface area (TPSA) is 96.9 Å². The van der Waals surface area contributed by atoms with Gasteiger partial charge in [0.1, 0.15) is 17.6 Å². The Morgan fingerprint density at radius 3 is 2.90 bits per heavy atom. The van der Waals surface area contributed by atoms with Crippen LogP contribution in [0.2, 0.25) is 0 Å². The van der Waals surface area contributed by atoms with E-state index >= 15 is 0 Å². The molecular weight excluding hydrogens is 497 g/mol. The molecule has 0 spiro atoms. The molecule has 1 aromatic carbocycles. The second kappa shape index (κ2) is 11.6. The van der Waals surface area contributed by atoms with Gasteiger partial charge in [0.2, 0.25) is 5.91 Å². The first kappa shape index (κ1) is 23.7. The zero-order valence-corrected chi connectivity index (χ0v) is 19.7. The Morgan fingerprint density at radius 2 is 2.20 bits per heavy atom. The molecule has 0 fully saturated rings. The fraction of sp³-hybridized carbons (Fsp3) is 0.381. The maximum absolute atomic E-state index is 12.1. The lowest BCUT2D eigenvalue weighted by molar-refractivity contribution is -0.115. The van der Waals surface area contributed by atoms with Gasteiger partial charge < -0.3 is 25.4 Å². The van der Waals surface area contributed by atoms with E-state index in [1.54, 1.807) is 31.6 Å². The lowest BCUT2D eigenvalue weighted by Crippen LogP contribution is -2.41. The van der Waals surface area contributed by atoms with Crippen molar-refractivity contribution < 1.29 is 14.3 Å². The summed E-state index contributed by atoms with van der Waals surface area (Å²) in [6, 6.07) is 7.61. The summed E-state index contributed by atoms with van der Waals surface area (Å²) in [6.07, 6.45) is 4.31. The molecule has 1 aliphatic heterocycles. The van der Waals surface area contributed by atoms with E-state index in [-0.39, 0.29) is 42.5 Å². The summed E-state index contributed by atoms with van der Waals surface area (Å²) in [7, 11) is 1.66. The van der Waals surface area contributed by atoms with Crippen LogP contribution in [0, 0.1) is 0 Å². The zero-order chi connectivity index (χ0) is 20.6. The molecule has 0 radical (unpaired) electrons. The highest BCUT2D eigenvalue weighted by Gasteiger charge is 2.22. The van der Waals surface area contributed by atoms with Crippen molar-refractivity contribution in [3.8, 4) is 11.5 Å². The van der Waals surface area contributed by atoms with E-state index in [9.17, 15) is 4.79 Å². The Bertz CT molecular complexity index is 876. The molecule has 2 aromatic rings. The molecule has 3 N–H and O–H groups in total. The molecule has 2 heterocycles. The van der Waals surface area contributed by atoms with Crippen LogP contribution in [0.3, 0.4) is 0 Å². The SMILES string of the molecule is CCOc1cc2c(cc1CNC(=NC)NCC(=O)Nc1cccnc1)OC(C)C2.I. The van der Waals surface area contributed by atoms with Crippen LogP contribution >= 0.6 is 24.0 Å². The summed E-state index contributed by atoms with van der Waals surface area (Å²) in [5.74, 6) is 2.07. The van der Waals surface area contributed by atoms with E-state index in [2.05, 4.69) is 38.9 Å². The molecule has 1 atom stereocenters. The molecule has 1 aliphatic rings. The molecule has 1 aromatic heterocycles. The van der Waals surface area contributed by atoms with Gasteiger partial charge in [0, 0.05) is 37.3 Å². The molecule has 0 aliphatic carbocycles. The predicted octanol–water partition coefficient (Wildman–Crippen LogP) is 2.73. The van der Waals surface area contributed by atoms with Gasteiger partial charge in [0.05, 0.1) is 25.0 Å². The van der Waals surface area contributed by atoms with Crippen LogP contribution in [0.25, 0.3) is 0 Å². The molecule has 0 saturated heterocycles. The number of nitrogens with zero attached hydrogens (tertiary/aromatic N) is 2. The maximum atomic E-state index is 12.1. The lowest BCUT2D eigenvalue weighted by Gasteiger charge is -2.15. The van der Waals surface area contributed by atoms with Gasteiger partial charge in [-0.2, -0.15) is 0 Å². The van der Waals surface area contributed by atoms with Crippen molar-refractivity contribution in [1.82, 2.24) is 15.6 Å². The van der Waals surface area contributed by atoms with Crippen LogP contribution in [-0.4, -0.2) is 43.2 Å². The highest BCUT2D eigenvalue weighted by Crippen LogP contribution is 2.35. The van der Waals surface area contributed by atoms with Crippen molar-refractivity contribution in [2.45, 2.75) is 32.9 Å². The van der Waals surface area contributed by atoms with Gasteiger partial charge in [0.25, 0.3) is 0 Å². The normalized spacial score (nSPS) is 14.8. The number of carbonyl (C=O) groups is 1. The summed E-state index contributed by atoms with van der Waals surface area (Å²) in [4.78, 5) is 20.2. The number of aliphatic imine (C=N–C) groups is 1. The highest BCUT2D eigenvalue weighted by atomic mass is 127. The first-order chi connectivity index (χ1) is 14.1. The number of guanidine groups is 1. The minimum absolute atomic E-state index is 0. The fourth-order valence-corrected chi connectivity index (χ4v) is 3.11. The summed E-state index contributed by atoms with van der Waals surface area (Å²) in [5.41, 5.74) is 2.79. The van der Waals surface area contributed by atoms with Crippen molar-refractivity contribution >= 4 is 41.5 Å². The monoisotopic (exact) mass is 525 g/mol. The molecule has 30 heavy (non-hydrogen) atoms. The van der Waals surface area contributed by atoms with Crippen molar-refractivity contribution in [2.75, 3.05) is 25.5 Å². The van der Waals surface area contributed by atoms with E-state index in [1.165, 1.54) is 5.56 Å². The lowest BCUT2D eigenvalue weighted by atomic mass is 10.1. The first-order valence-corrected chi connectivity index (χ1v) is 9.68. The molecule has 0 bridgehead atoms. The molecule has 0 saturated carbocycles. The number of nitrogens with one attached hydrogen (secondary N) is 3. The van der Waals surface area contributed by atoms with Crippen LogP contribution in [0.15, 0.2) is 41.7 Å². The molecule has 1 unspecified atom stereocenters. The Labute approximate surface area is 193 Å². The second-order valence-electron chi connectivity index (χ2n) is 6.70. The highest BCUT2D eigenvalue weighted by molar-refractivity contribution is 14.0. The average Bonchev–Trinajstić information content (AvgIpc) is 3.08. The number of pyridine rings is 1. The Hall–Kier alpha value is -2.56. The zero-order valence-electron chi connectivity index (χ0n) is 17.4. The third kappa shape index (κ3) is 6.48. The number of rotatable bonds is 7. The molecule has 1 amide bonds. The van der Waals surface area contributed by atoms with Crippen LogP contribution in [0.1, 0.15) is 25.0 Å². The molecule has 162 valence electrons. The van der Waals surface area contributed by atoms with Gasteiger partial charge in [-0.1, -0.05) is 0 Å². The van der Waals surface area contributed by atoms with Gasteiger partial charge in [-0.05, 0) is 38.1 Å². The third-order valence-electron chi connectivity index (χ3n) is 4.41. The van der Waals surface area contributed by atoms with Crippen LogP contribution < -0.4 is 25.4 Å². The molecule has 8 nitrogen and oxygen atoms in total. The number of halogens is 1. The van der Waals surface area contributed by atoms with Crippen molar-refractivity contribution in [1.29, 1.82) is 0 Å². The van der Waals surface area contributed by atoms with E-state index in [0.29, 0.717) is 24.8 Å². The van der Waals surface area contributed by atoms with Gasteiger partial charge in [-0.15, -0.1) is 24.0 Å². The molecule has 9 heteroatoms. The standard InChI is InChI=1S/C21H27N5O3.HI/c1-4-28-18-9-15-8-14(2)29-19(15)10-16(18)11-24-21(22-3)25-13-20(27)26-17-6-5-7-23-12-17;/h5-7,9-10,12,14H,4,8,11,13H2,1-3H3,(H,26,27)(H2,22,24,25);1H. The first-order valence-electron chi connectivity index (χ1n) is 9.68. The minimum Gasteiger partial charge on any atom is -0.494 e. The number of carbonyl (C=O) groups excluding carboxylic acids is 1. The van der Waals surface area contributed by atoms with Crippen molar-refractivity contribution in [2.24, 2.45) is 4.99 Å². The van der Waals surface area contributed by atoms with E-state index in [1.807, 2.05) is 13.0 Å². The number of aromatic nitrogens is 1. The van der Waals surface area contributed by atoms with Crippen LogP contribution in [0.5, 0.6) is 11.5 Å². The van der Waals surface area contributed by atoms with Crippen molar-refractivity contribution in [3.63, 3.8) is 0 Å². The summed E-state index contributed by atoms with van der Waals surface area (Å²) in [6.45, 7) is 5.18. The smallest absolute Gasteiger partial charge is 0.243 e. The molecule has 3 rings (SSSR count). The summed E-state index contributed by atoms with van der Waals surface area (Å²) >= 11 is 0. The maximum Gasteiger partial charge on any atom is 0.243 e. The number of hydrogen-bond donors (Lipinski definition) is 3.